The molecule has 22 heavy (non-hydrogen) atoms. The third-order valence-corrected chi connectivity index (χ3v) is 4.28. The number of aryl methyl sites for hydroxylation is 1. The first-order valence-electron chi connectivity index (χ1n) is 7.52. The highest BCUT2D eigenvalue weighted by Gasteiger charge is 2.20. The summed E-state index contributed by atoms with van der Waals surface area (Å²) in [6.45, 7) is 6.46. The first-order valence-corrected chi connectivity index (χ1v) is 7.52. The predicted octanol–water partition coefficient (Wildman–Crippen LogP) is 2.29. The molecule has 3 rings (SSSR count). The maximum Gasteiger partial charge on any atom is 0.251 e. The van der Waals surface area contributed by atoms with Crippen molar-refractivity contribution in [2.75, 3.05) is 0 Å². The number of rotatable bonds is 3. The van der Waals surface area contributed by atoms with Crippen molar-refractivity contribution >= 4 is 5.91 Å². The topological polar surface area (TPSA) is 56.1 Å². The summed E-state index contributed by atoms with van der Waals surface area (Å²) in [4.78, 5) is 16.8. The van der Waals surface area contributed by atoms with Crippen molar-refractivity contribution in [1.82, 2.24) is 14.9 Å². The lowest BCUT2D eigenvalue weighted by atomic mass is 10.1. The van der Waals surface area contributed by atoms with Crippen molar-refractivity contribution in [3.63, 3.8) is 0 Å². The Morgan fingerprint density at radius 2 is 2.23 bits per heavy atom. The maximum absolute atomic E-state index is 12.3. The van der Waals surface area contributed by atoms with Crippen LogP contribution in [0.25, 0.3) is 0 Å². The molecule has 0 radical (unpaired) electrons. The van der Waals surface area contributed by atoms with E-state index < -0.39 is 0 Å². The lowest BCUT2D eigenvalue weighted by molar-refractivity contribution is 0.0949. The van der Waals surface area contributed by atoms with Crippen molar-refractivity contribution in [1.29, 1.82) is 0 Å². The molecule has 1 atom stereocenters. The summed E-state index contributed by atoms with van der Waals surface area (Å²) >= 11 is 0. The second kappa shape index (κ2) is 5.48. The monoisotopic (exact) mass is 299 g/mol. The van der Waals surface area contributed by atoms with Crippen molar-refractivity contribution < 1.29 is 9.53 Å². The number of nitrogens with zero attached hydrogens (tertiary/aromatic N) is 2. The van der Waals surface area contributed by atoms with Crippen LogP contribution in [0.5, 0.6) is 5.75 Å². The molecule has 0 saturated heterocycles. The zero-order valence-corrected chi connectivity index (χ0v) is 13.4. The average Bonchev–Trinajstić information content (AvgIpc) is 2.98. The molecule has 1 aromatic heterocycles. The van der Waals surface area contributed by atoms with Gasteiger partial charge in [-0.05, 0) is 44.5 Å². The molecule has 2 heterocycles. The van der Waals surface area contributed by atoms with Gasteiger partial charge in [-0.3, -0.25) is 4.79 Å². The maximum atomic E-state index is 12.3. The van der Waals surface area contributed by atoms with Crippen LogP contribution >= 0.6 is 0 Å². The number of imidazole rings is 1. The summed E-state index contributed by atoms with van der Waals surface area (Å²) in [5, 5.41) is 2.94. The van der Waals surface area contributed by atoms with Crippen molar-refractivity contribution in [3.05, 3.63) is 46.5 Å². The molecule has 0 spiro atoms. The molecule has 0 fully saturated rings. The van der Waals surface area contributed by atoms with E-state index in [-0.39, 0.29) is 12.0 Å². The minimum atomic E-state index is -0.0827. The van der Waals surface area contributed by atoms with E-state index in [0.29, 0.717) is 12.1 Å². The number of ether oxygens (including phenoxy) is 1. The number of aromatic nitrogens is 2. The highest BCUT2D eigenvalue weighted by molar-refractivity contribution is 5.94. The van der Waals surface area contributed by atoms with E-state index >= 15 is 0 Å². The Hall–Kier alpha value is -2.30. The number of amides is 1. The van der Waals surface area contributed by atoms with Crippen LogP contribution in [0.4, 0.5) is 0 Å². The van der Waals surface area contributed by atoms with E-state index in [1.54, 1.807) is 6.07 Å². The molecule has 5 heteroatoms. The van der Waals surface area contributed by atoms with Crippen LogP contribution in [0, 0.1) is 13.8 Å². The Kier molecular flexibility index (Phi) is 3.64. The summed E-state index contributed by atoms with van der Waals surface area (Å²) < 4.78 is 7.67. The van der Waals surface area contributed by atoms with Gasteiger partial charge >= 0.3 is 0 Å². The van der Waals surface area contributed by atoms with Gasteiger partial charge in [0.1, 0.15) is 17.7 Å². The second-order valence-corrected chi connectivity index (χ2v) is 5.90. The summed E-state index contributed by atoms with van der Waals surface area (Å²) in [5.74, 6) is 1.67. The van der Waals surface area contributed by atoms with E-state index in [2.05, 4.69) is 10.3 Å². The van der Waals surface area contributed by atoms with Crippen LogP contribution in [0.15, 0.2) is 18.2 Å². The van der Waals surface area contributed by atoms with E-state index in [4.69, 9.17) is 4.74 Å². The Morgan fingerprint density at radius 3 is 2.91 bits per heavy atom. The van der Waals surface area contributed by atoms with Gasteiger partial charge in [0.15, 0.2) is 0 Å². The molecule has 0 aliphatic carbocycles. The van der Waals surface area contributed by atoms with Gasteiger partial charge in [0, 0.05) is 24.7 Å². The van der Waals surface area contributed by atoms with Crippen LogP contribution in [-0.2, 0) is 20.0 Å². The van der Waals surface area contributed by atoms with Gasteiger partial charge in [-0.25, -0.2) is 4.98 Å². The van der Waals surface area contributed by atoms with Crippen molar-refractivity contribution in [2.24, 2.45) is 7.05 Å². The molecule has 1 N–H and O–H groups in total. The fraction of sp³-hybridized carbons (Fsp3) is 0.412. The standard InChI is InChI=1S/C17H21N3O2/c1-10-7-14-8-13(5-6-15(14)22-10)17(21)18-9-16-19-11(2)12(3)20(16)4/h5-6,8,10H,7,9H2,1-4H3,(H,18,21)/t10-/m1/s1. The van der Waals surface area contributed by atoms with E-state index in [1.807, 2.05) is 44.5 Å². The molecule has 116 valence electrons. The first kappa shape index (κ1) is 14.6. The first-order chi connectivity index (χ1) is 10.5. The summed E-state index contributed by atoms with van der Waals surface area (Å²) in [6, 6.07) is 5.60. The molecule has 2 aromatic rings. The minimum absolute atomic E-state index is 0.0827. The summed E-state index contributed by atoms with van der Waals surface area (Å²) in [5.41, 5.74) is 3.88. The van der Waals surface area contributed by atoms with Crippen molar-refractivity contribution in [2.45, 2.75) is 39.8 Å². The van der Waals surface area contributed by atoms with Gasteiger partial charge in [0.25, 0.3) is 5.91 Å². The number of hydrogen-bond acceptors (Lipinski definition) is 3. The normalized spacial score (nSPS) is 16.3. The number of nitrogens with one attached hydrogen (secondary N) is 1. The number of carbonyl (C=O) groups excluding carboxylic acids is 1. The van der Waals surface area contributed by atoms with Crippen molar-refractivity contribution in [3.8, 4) is 5.75 Å². The Labute approximate surface area is 130 Å². The molecule has 0 unspecified atom stereocenters. The zero-order chi connectivity index (χ0) is 15.9. The van der Waals surface area contributed by atoms with Gasteiger partial charge in [0.2, 0.25) is 0 Å². The predicted molar refractivity (Wildman–Crippen MR) is 84.1 cm³/mol. The van der Waals surface area contributed by atoms with Gasteiger partial charge in [-0.1, -0.05) is 0 Å². The minimum Gasteiger partial charge on any atom is -0.490 e. The third kappa shape index (κ3) is 2.58. The Morgan fingerprint density at radius 1 is 1.45 bits per heavy atom. The van der Waals surface area contributed by atoms with Crippen LogP contribution in [0.1, 0.15) is 40.1 Å². The second-order valence-electron chi connectivity index (χ2n) is 5.90. The Bertz CT molecular complexity index is 734. The molecule has 1 amide bonds. The molecule has 0 saturated carbocycles. The van der Waals surface area contributed by atoms with Gasteiger partial charge in [-0.15, -0.1) is 0 Å². The molecular weight excluding hydrogens is 278 g/mol. The van der Waals surface area contributed by atoms with E-state index in [1.165, 1.54) is 0 Å². The number of hydrogen-bond donors (Lipinski definition) is 1. The lowest BCUT2D eigenvalue weighted by Crippen LogP contribution is -2.24. The number of carbonyl (C=O) groups is 1. The molecule has 5 nitrogen and oxygen atoms in total. The van der Waals surface area contributed by atoms with Gasteiger partial charge in [0.05, 0.1) is 12.2 Å². The summed E-state index contributed by atoms with van der Waals surface area (Å²) in [7, 11) is 1.96. The lowest BCUT2D eigenvalue weighted by Gasteiger charge is -2.07. The smallest absolute Gasteiger partial charge is 0.251 e. The summed E-state index contributed by atoms with van der Waals surface area (Å²) in [6.07, 6.45) is 1.04. The largest absolute Gasteiger partial charge is 0.490 e. The average molecular weight is 299 g/mol. The molecule has 0 bridgehead atoms. The van der Waals surface area contributed by atoms with Crippen LogP contribution < -0.4 is 10.1 Å². The molecule has 1 aliphatic rings. The quantitative estimate of drug-likeness (QED) is 0.946. The number of fused-ring (bicyclic) bond motifs is 1. The molecule has 1 aromatic carbocycles. The fourth-order valence-electron chi connectivity index (χ4n) is 2.77. The zero-order valence-electron chi connectivity index (χ0n) is 13.4. The molecular formula is C17H21N3O2. The molecule has 1 aliphatic heterocycles. The van der Waals surface area contributed by atoms with E-state index in [9.17, 15) is 4.79 Å². The fourth-order valence-corrected chi connectivity index (χ4v) is 2.77. The van der Waals surface area contributed by atoms with Crippen LogP contribution in [0.2, 0.25) is 0 Å². The number of benzene rings is 1. The third-order valence-electron chi connectivity index (χ3n) is 4.28. The highest BCUT2D eigenvalue weighted by Crippen LogP contribution is 2.29. The van der Waals surface area contributed by atoms with E-state index in [0.717, 1.165) is 34.9 Å². The van der Waals surface area contributed by atoms with Crippen LogP contribution in [0.3, 0.4) is 0 Å². The Balaban J connectivity index is 1.70. The van der Waals surface area contributed by atoms with Crippen LogP contribution in [-0.4, -0.2) is 21.6 Å². The SMILES string of the molecule is Cc1nc(CNC(=O)c2ccc3c(c2)C[C@@H](C)O3)n(C)c1C. The van der Waals surface area contributed by atoms with Gasteiger partial charge in [-0.2, -0.15) is 0 Å². The van der Waals surface area contributed by atoms with Gasteiger partial charge < -0.3 is 14.6 Å². The highest BCUT2D eigenvalue weighted by atomic mass is 16.5.